The second kappa shape index (κ2) is 8.87. The Labute approximate surface area is 179 Å². The molecule has 8 nitrogen and oxygen atoms in total. The van der Waals surface area contributed by atoms with Crippen molar-refractivity contribution in [2.24, 2.45) is 11.3 Å². The molecule has 1 aliphatic rings. The molecule has 4 N–H and O–H groups in total. The monoisotopic (exact) mass is 430 g/mol. The largest absolute Gasteiger partial charge is 0.356 e. The molecule has 9 heteroatoms. The fourth-order valence-corrected chi connectivity index (χ4v) is 3.72. The number of halogens is 1. The van der Waals surface area contributed by atoms with Gasteiger partial charge in [-0.25, -0.2) is 4.39 Å². The highest BCUT2D eigenvalue weighted by Gasteiger charge is 2.35. The molecule has 2 aromatic rings. The summed E-state index contributed by atoms with van der Waals surface area (Å²) in [5, 5.41) is 8.31. The minimum Gasteiger partial charge on any atom is -0.356 e. The van der Waals surface area contributed by atoms with E-state index in [1.165, 1.54) is 18.2 Å². The number of rotatable bonds is 7. The third-order valence-corrected chi connectivity index (χ3v) is 5.45. The third-order valence-electron chi connectivity index (χ3n) is 5.45. The number of carbonyl (C=O) groups excluding carboxylic acids is 4. The fraction of sp³-hybridized carbons (Fsp3) is 0.455. The lowest BCUT2D eigenvalue weighted by Gasteiger charge is -2.31. The van der Waals surface area contributed by atoms with Crippen molar-refractivity contribution in [3.05, 3.63) is 35.8 Å². The number of aldehydes is 1. The van der Waals surface area contributed by atoms with Crippen LogP contribution in [0.2, 0.25) is 0 Å². The zero-order valence-corrected chi connectivity index (χ0v) is 17.8. The quantitative estimate of drug-likeness (QED) is 0.499. The van der Waals surface area contributed by atoms with Gasteiger partial charge < -0.3 is 25.7 Å². The molecule has 0 bridgehead atoms. The van der Waals surface area contributed by atoms with Crippen molar-refractivity contribution in [1.82, 2.24) is 20.9 Å². The van der Waals surface area contributed by atoms with Crippen molar-refractivity contribution in [1.29, 1.82) is 0 Å². The molecule has 3 atom stereocenters. The maximum Gasteiger partial charge on any atom is 0.268 e. The predicted molar refractivity (Wildman–Crippen MR) is 113 cm³/mol. The molecular formula is C22H27FN4O4. The van der Waals surface area contributed by atoms with Gasteiger partial charge in [0.1, 0.15) is 23.8 Å². The summed E-state index contributed by atoms with van der Waals surface area (Å²) in [6, 6.07) is 4.07. The Hall–Kier alpha value is -3.23. The summed E-state index contributed by atoms with van der Waals surface area (Å²) >= 11 is 0. The molecule has 0 unspecified atom stereocenters. The number of benzene rings is 1. The lowest BCUT2D eigenvalue weighted by atomic mass is 9.85. The Morgan fingerprint density at radius 3 is 2.61 bits per heavy atom. The zero-order chi connectivity index (χ0) is 22.8. The Bertz CT molecular complexity index is 1010. The summed E-state index contributed by atoms with van der Waals surface area (Å²) in [6.07, 6.45) is 1.41. The average Bonchev–Trinajstić information content (AvgIpc) is 3.31. The van der Waals surface area contributed by atoms with Crippen molar-refractivity contribution >= 4 is 34.9 Å². The summed E-state index contributed by atoms with van der Waals surface area (Å²) < 4.78 is 13.9. The summed E-state index contributed by atoms with van der Waals surface area (Å²) in [7, 11) is 0. The molecule has 0 radical (unpaired) electrons. The van der Waals surface area contributed by atoms with Crippen molar-refractivity contribution in [3.8, 4) is 0 Å². The van der Waals surface area contributed by atoms with E-state index in [-0.39, 0.29) is 29.3 Å². The van der Waals surface area contributed by atoms with Gasteiger partial charge in [0.05, 0.1) is 6.04 Å². The highest BCUT2D eigenvalue weighted by Crippen LogP contribution is 2.23. The Morgan fingerprint density at radius 1 is 1.29 bits per heavy atom. The first-order valence-corrected chi connectivity index (χ1v) is 10.2. The molecule has 3 rings (SSSR count). The van der Waals surface area contributed by atoms with Crippen LogP contribution in [-0.4, -0.2) is 47.6 Å². The smallest absolute Gasteiger partial charge is 0.268 e. The highest BCUT2D eigenvalue weighted by atomic mass is 19.1. The third kappa shape index (κ3) is 5.10. The maximum atomic E-state index is 13.9. The molecule has 1 saturated heterocycles. The number of H-pyrrole nitrogens is 1. The second-order valence-corrected chi connectivity index (χ2v) is 8.92. The predicted octanol–water partition coefficient (Wildman–Crippen LogP) is 1.66. The molecule has 0 spiro atoms. The number of amides is 3. The van der Waals surface area contributed by atoms with Gasteiger partial charge >= 0.3 is 0 Å². The van der Waals surface area contributed by atoms with E-state index in [4.69, 9.17) is 0 Å². The maximum absolute atomic E-state index is 13.9. The Kier molecular flexibility index (Phi) is 6.42. The van der Waals surface area contributed by atoms with Crippen LogP contribution in [0, 0.1) is 17.2 Å². The van der Waals surface area contributed by atoms with Gasteiger partial charge in [-0.05, 0) is 36.5 Å². The topological polar surface area (TPSA) is 120 Å². The van der Waals surface area contributed by atoms with E-state index in [9.17, 15) is 23.6 Å². The molecular weight excluding hydrogens is 403 g/mol. The zero-order valence-electron chi connectivity index (χ0n) is 17.8. The molecule has 1 aliphatic heterocycles. The van der Waals surface area contributed by atoms with Gasteiger partial charge in [-0.2, -0.15) is 0 Å². The first kappa shape index (κ1) is 22.5. The highest BCUT2D eigenvalue weighted by molar-refractivity contribution is 6.00. The first-order valence-electron chi connectivity index (χ1n) is 10.2. The number of nitrogens with one attached hydrogen (secondary N) is 4. The molecule has 3 amide bonds. The minimum atomic E-state index is -0.962. The number of aromatic amines is 1. The van der Waals surface area contributed by atoms with E-state index >= 15 is 0 Å². The fourth-order valence-electron chi connectivity index (χ4n) is 3.72. The molecule has 0 saturated carbocycles. The van der Waals surface area contributed by atoms with Crippen LogP contribution in [0.4, 0.5) is 4.39 Å². The van der Waals surface area contributed by atoms with Gasteiger partial charge in [-0.15, -0.1) is 0 Å². The van der Waals surface area contributed by atoms with E-state index in [0.29, 0.717) is 24.8 Å². The van der Waals surface area contributed by atoms with Gasteiger partial charge in [-0.3, -0.25) is 14.4 Å². The molecule has 166 valence electrons. The summed E-state index contributed by atoms with van der Waals surface area (Å²) in [5.41, 5.74) is -0.0793. The van der Waals surface area contributed by atoms with Crippen molar-refractivity contribution in [3.63, 3.8) is 0 Å². The van der Waals surface area contributed by atoms with Gasteiger partial charge in [0.25, 0.3) is 5.91 Å². The molecule has 1 aromatic heterocycles. The standard InChI is InChI=1S/C22H27FN4O4/c1-22(2,3)18(21(31)25-13(11-28)9-12-7-8-24-19(12)29)27-20(30)17-10-14-15(23)5-4-6-16(14)26-17/h4-6,10-13,18,26H,7-9H2,1-3H3,(H,24,29)(H,25,31)(H,27,30)/t12-,13-,18+/m0/s1. The SMILES string of the molecule is CC(C)(C)[C@H](NC(=O)c1cc2c(F)cccc2[nH]1)C(=O)N[C@H](C=O)C[C@@H]1CCNC1=O. The van der Waals surface area contributed by atoms with Crippen molar-refractivity contribution in [2.75, 3.05) is 6.54 Å². The van der Waals surface area contributed by atoms with Crippen molar-refractivity contribution in [2.45, 2.75) is 45.7 Å². The van der Waals surface area contributed by atoms with Crippen LogP contribution in [0.3, 0.4) is 0 Å². The number of hydrogen-bond acceptors (Lipinski definition) is 4. The van der Waals surface area contributed by atoms with Crippen LogP contribution in [-0.2, 0) is 14.4 Å². The van der Waals surface area contributed by atoms with E-state index in [1.54, 1.807) is 26.8 Å². The lowest BCUT2D eigenvalue weighted by Crippen LogP contribution is -2.56. The van der Waals surface area contributed by atoms with Crippen molar-refractivity contribution < 1.29 is 23.6 Å². The second-order valence-electron chi connectivity index (χ2n) is 8.92. The lowest BCUT2D eigenvalue weighted by molar-refractivity contribution is -0.129. The number of carbonyl (C=O) groups is 4. The molecule has 1 fully saturated rings. The number of hydrogen-bond donors (Lipinski definition) is 4. The number of fused-ring (bicyclic) bond motifs is 1. The summed E-state index contributed by atoms with van der Waals surface area (Å²) in [6.45, 7) is 5.89. The first-order chi connectivity index (χ1) is 14.6. The molecule has 0 aliphatic carbocycles. The van der Waals surface area contributed by atoms with E-state index in [2.05, 4.69) is 20.9 Å². The minimum absolute atomic E-state index is 0.122. The summed E-state index contributed by atoms with van der Waals surface area (Å²) in [4.78, 5) is 51.9. The van der Waals surface area contributed by atoms with Gasteiger partial charge in [0.2, 0.25) is 11.8 Å². The molecule has 1 aromatic carbocycles. The Morgan fingerprint density at radius 2 is 2.03 bits per heavy atom. The van der Waals surface area contributed by atoms with Crippen LogP contribution in [0.5, 0.6) is 0 Å². The van der Waals surface area contributed by atoms with Crippen LogP contribution in [0.1, 0.15) is 44.1 Å². The van der Waals surface area contributed by atoms with E-state index < -0.39 is 35.1 Å². The van der Waals surface area contributed by atoms with Gasteiger partial charge in [-0.1, -0.05) is 26.8 Å². The average molecular weight is 430 g/mol. The van der Waals surface area contributed by atoms with Gasteiger partial charge in [0.15, 0.2) is 0 Å². The van der Waals surface area contributed by atoms with Crippen LogP contribution >= 0.6 is 0 Å². The van der Waals surface area contributed by atoms with Crippen LogP contribution in [0.15, 0.2) is 24.3 Å². The van der Waals surface area contributed by atoms with Crippen LogP contribution in [0.25, 0.3) is 10.9 Å². The van der Waals surface area contributed by atoms with Crippen LogP contribution < -0.4 is 16.0 Å². The van der Waals surface area contributed by atoms with Gasteiger partial charge in [0, 0.05) is 23.4 Å². The number of aromatic nitrogens is 1. The van der Waals surface area contributed by atoms with E-state index in [0.717, 1.165) is 0 Å². The molecule has 2 heterocycles. The molecule has 31 heavy (non-hydrogen) atoms. The Balaban J connectivity index is 1.73. The van der Waals surface area contributed by atoms with E-state index in [1.807, 2.05) is 0 Å². The summed E-state index contributed by atoms with van der Waals surface area (Å²) in [5.74, 6) is -2.02. The normalized spacial score (nSPS) is 18.3.